The van der Waals surface area contributed by atoms with Crippen LogP contribution in [0.1, 0.15) is 29.8 Å². The standard InChI is InChI=1S/C22H28N4O4S/c1-3-25-12-14-26(15-13-25)31(29,30)21-10-8-20(9-11-21)24-22(28)19-6-4-18(5-7-19)16-23-17(2)27/h4-11H,3,12-16H2,1-2H3,(H,23,27)(H,24,28). The van der Waals surface area contributed by atoms with Gasteiger partial charge in [0.2, 0.25) is 15.9 Å². The summed E-state index contributed by atoms with van der Waals surface area (Å²) in [5, 5.41) is 5.48. The van der Waals surface area contributed by atoms with E-state index in [1.165, 1.54) is 23.4 Å². The molecule has 0 bridgehead atoms. The Hall–Kier alpha value is -2.75. The molecule has 0 aromatic heterocycles. The first kappa shape index (κ1) is 22.9. The van der Waals surface area contributed by atoms with Gasteiger partial charge in [0.1, 0.15) is 0 Å². The summed E-state index contributed by atoms with van der Waals surface area (Å²) in [5.74, 6) is -0.409. The number of piperazine rings is 1. The second kappa shape index (κ2) is 10.0. The van der Waals surface area contributed by atoms with E-state index in [1.807, 2.05) is 0 Å². The predicted molar refractivity (Wildman–Crippen MR) is 119 cm³/mol. The van der Waals surface area contributed by atoms with Gasteiger partial charge in [-0.2, -0.15) is 4.31 Å². The highest BCUT2D eigenvalue weighted by Gasteiger charge is 2.27. The molecule has 1 aliphatic heterocycles. The molecular weight excluding hydrogens is 416 g/mol. The molecule has 2 amide bonds. The lowest BCUT2D eigenvalue weighted by atomic mass is 10.1. The number of likely N-dealkylation sites (N-methyl/N-ethyl adjacent to an activating group) is 1. The molecule has 8 nitrogen and oxygen atoms in total. The third-order valence-corrected chi connectivity index (χ3v) is 7.20. The first-order valence-corrected chi connectivity index (χ1v) is 11.7. The maximum absolute atomic E-state index is 12.9. The van der Waals surface area contributed by atoms with Crippen LogP contribution < -0.4 is 10.6 Å². The minimum Gasteiger partial charge on any atom is -0.352 e. The molecule has 1 fully saturated rings. The summed E-state index contributed by atoms with van der Waals surface area (Å²) in [5.41, 5.74) is 1.88. The minimum absolute atomic E-state index is 0.115. The summed E-state index contributed by atoms with van der Waals surface area (Å²) in [6.45, 7) is 7.25. The van der Waals surface area contributed by atoms with Gasteiger partial charge in [-0.05, 0) is 48.5 Å². The Morgan fingerprint density at radius 1 is 0.935 bits per heavy atom. The van der Waals surface area contributed by atoms with E-state index in [2.05, 4.69) is 22.5 Å². The van der Waals surface area contributed by atoms with Crippen molar-refractivity contribution in [2.75, 3.05) is 38.0 Å². The largest absolute Gasteiger partial charge is 0.352 e. The van der Waals surface area contributed by atoms with Crippen LogP contribution >= 0.6 is 0 Å². The molecule has 1 heterocycles. The van der Waals surface area contributed by atoms with E-state index >= 15 is 0 Å². The molecule has 2 N–H and O–H groups in total. The Balaban J connectivity index is 1.61. The Morgan fingerprint density at radius 2 is 1.55 bits per heavy atom. The van der Waals surface area contributed by atoms with Crippen LogP contribution in [0.2, 0.25) is 0 Å². The molecule has 0 aliphatic carbocycles. The second-order valence-corrected chi connectivity index (χ2v) is 9.36. The molecule has 2 aromatic rings. The average molecular weight is 445 g/mol. The topological polar surface area (TPSA) is 98.8 Å². The van der Waals surface area contributed by atoms with Crippen LogP contribution in [0.3, 0.4) is 0 Å². The smallest absolute Gasteiger partial charge is 0.255 e. The zero-order chi connectivity index (χ0) is 22.4. The number of hydrogen-bond acceptors (Lipinski definition) is 5. The van der Waals surface area contributed by atoms with Gasteiger partial charge >= 0.3 is 0 Å². The van der Waals surface area contributed by atoms with Gasteiger partial charge < -0.3 is 15.5 Å². The summed E-state index contributed by atoms with van der Waals surface area (Å²) in [6, 6.07) is 13.2. The lowest BCUT2D eigenvalue weighted by Crippen LogP contribution is -2.48. The van der Waals surface area contributed by atoms with Crippen LogP contribution in [0, 0.1) is 0 Å². The highest BCUT2D eigenvalue weighted by Crippen LogP contribution is 2.20. The first-order valence-electron chi connectivity index (χ1n) is 10.3. The molecular formula is C22H28N4O4S. The van der Waals surface area contributed by atoms with Crippen LogP contribution in [0.5, 0.6) is 0 Å². The Bertz CT molecular complexity index is 1010. The van der Waals surface area contributed by atoms with E-state index in [9.17, 15) is 18.0 Å². The molecule has 1 aliphatic rings. The van der Waals surface area contributed by atoms with E-state index in [0.29, 0.717) is 30.9 Å². The van der Waals surface area contributed by atoms with E-state index in [1.54, 1.807) is 36.4 Å². The van der Waals surface area contributed by atoms with Crippen molar-refractivity contribution < 1.29 is 18.0 Å². The first-order chi connectivity index (χ1) is 14.8. The van der Waals surface area contributed by atoms with Crippen LogP contribution in [0.25, 0.3) is 0 Å². The molecule has 3 rings (SSSR count). The van der Waals surface area contributed by atoms with Gasteiger partial charge in [0, 0.05) is 50.9 Å². The Labute approximate surface area is 183 Å². The molecule has 0 radical (unpaired) electrons. The quantitative estimate of drug-likeness (QED) is 0.680. The molecule has 1 saturated heterocycles. The molecule has 0 atom stereocenters. The molecule has 9 heteroatoms. The van der Waals surface area contributed by atoms with Crippen LogP contribution in [0.4, 0.5) is 5.69 Å². The normalized spacial score (nSPS) is 15.4. The summed E-state index contributed by atoms with van der Waals surface area (Å²) in [7, 11) is -3.54. The summed E-state index contributed by atoms with van der Waals surface area (Å²) < 4.78 is 27.2. The fraction of sp³-hybridized carbons (Fsp3) is 0.364. The van der Waals surface area contributed by atoms with Crippen molar-refractivity contribution in [2.24, 2.45) is 0 Å². The van der Waals surface area contributed by atoms with Crippen LogP contribution in [-0.2, 0) is 21.4 Å². The molecule has 0 spiro atoms. The van der Waals surface area contributed by atoms with Crippen LogP contribution in [-0.4, -0.2) is 62.2 Å². The van der Waals surface area contributed by atoms with E-state index in [-0.39, 0.29) is 16.7 Å². The summed E-state index contributed by atoms with van der Waals surface area (Å²) in [6.07, 6.45) is 0. The van der Waals surface area contributed by atoms with Crippen LogP contribution in [0.15, 0.2) is 53.4 Å². The van der Waals surface area contributed by atoms with Crippen molar-refractivity contribution in [1.29, 1.82) is 0 Å². The van der Waals surface area contributed by atoms with Crippen molar-refractivity contribution >= 4 is 27.5 Å². The van der Waals surface area contributed by atoms with E-state index < -0.39 is 10.0 Å². The van der Waals surface area contributed by atoms with Gasteiger partial charge in [-0.1, -0.05) is 19.1 Å². The monoisotopic (exact) mass is 444 g/mol. The zero-order valence-corrected chi connectivity index (χ0v) is 18.6. The number of rotatable bonds is 7. The van der Waals surface area contributed by atoms with E-state index in [0.717, 1.165) is 25.2 Å². The van der Waals surface area contributed by atoms with Gasteiger partial charge in [-0.15, -0.1) is 0 Å². The van der Waals surface area contributed by atoms with Crippen molar-refractivity contribution in [3.63, 3.8) is 0 Å². The molecule has 0 saturated carbocycles. The lowest BCUT2D eigenvalue weighted by molar-refractivity contribution is -0.119. The maximum Gasteiger partial charge on any atom is 0.255 e. The van der Waals surface area contributed by atoms with Crippen molar-refractivity contribution in [3.8, 4) is 0 Å². The fourth-order valence-corrected chi connectivity index (χ4v) is 4.77. The maximum atomic E-state index is 12.9. The van der Waals surface area contributed by atoms with E-state index in [4.69, 9.17) is 0 Å². The third kappa shape index (κ3) is 5.90. The average Bonchev–Trinajstić information content (AvgIpc) is 2.78. The zero-order valence-electron chi connectivity index (χ0n) is 17.8. The number of nitrogens with one attached hydrogen (secondary N) is 2. The molecule has 31 heavy (non-hydrogen) atoms. The summed E-state index contributed by atoms with van der Waals surface area (Å²) >= 11 is 0. The number of nitrogens with zero attached hydrogens (tertiary/aromatic N) is 2. The van der Waals surface area contributed by atoms with Gasteiger partial charge in [0.15, 0.2) is 0 Å². The molecule has 2 aromatic carbocycles. The number of amides is 2. The highest BCUT2D eigenvalue weighted by molar-refractivity contribution is 7.89. The minimum atomic E-state index is -3.54. The van der Waals surface area contributed by atoms with Crippen molar-refractivity contribution in [1.82, 2.24) is 14.5 Å². The Kier molecular flexibility index (Phi) is 7.42. The SMILES string of the molecule is CCN1CCN(S(=O)(=O)c2ccc(NC(=O)c3ccc(CNC(C)=O)cc3)cc2)CC1. The predicted octanol–water partition coefficient (Wildman–Crippen LogP) is 1.90. The number of sulfonamides is 1. The second-order valence-electron chi connectivity index (χ2n) is 7.42. The highest BCUT2D eigenvalue weighted by atomic mass is 32.2. The molecule has 0 unspecified atom stereocenters. The third-order valence-electron chi connectivity index (χ3n) is 5.29. The number of carbonyl (C=O) groups is 2. The van der Waals surface area contributed by atoms with Gasteiger partial charge in [0.25, 0.3) is 5.91 Å². The number of hydrogen-bond donors (Lipinski definition) is 2. The fourth-order valence-electron chi connectivity index (χ4n) is 3.35. The summed E-state index contributed by atoms with van der Waals surface area (Å²) in [4.78, 5) is 25.9. The Morgan fingerprint density at radius 3 is 2.10 bits per heavy atom. The van der Waals surface area contributed by atoms with Crippen molar-refractivity contribution in [2.45, 2.75) is 25.3 Å². The van der Waals surface area contributed by atoms with Crippen molar-refractivity contribution in [3.05, 3.63) is 59.7 Å². The number of anilines is 1. The van der Waals surface area contributed by atoms with Gasteiger partial charge in [0.05, 0.1) is 4.90 Å². The van der Waals surface area contributed by atoms with Gasteiger partial charge in [-0.25, -0.2) is 8.42 Å². The van der Waals surface area contributed by atoms with Gasteiger partial charge in [-0.3, -0.25) is 9.59 Å². The lowest BCUT2D eigenvalue weighted by Gasteiger charge is -2.33. The number of carbonyl (C=O) groups excluding carboxylic acids is 2. The number of benzene rings is 2. The molecule has 166 valence electrons.